The number of carbonyl (C=O) groups is 1. The summed E-state index contributed by atoms with van der Waals surface area (Å²) in [5.41, 5.74) is 5.50. The maximum Gasteiger partial charge on any atom is 0.396 e. The second kappa shape index (κ2) is 3.72. The lowest BCUT2D eigenvalue weighted by atomic mass is 10.2. The molecule has 0 atom stereocenters. The van der Waals surface area contributed by atoms with Crippen LogP contribution in [0.3, 0.4) is 0 Å². The Bertz CT molecular complexity index is 575. The molecule has 2 rings (SSSR count). The van der Waals surface area contributed by atoms with Crippen LogP contribution >= 0.6 is 0 Å². The van der Waals surface area contributed by atoms with Gasteiger partial charge in [0.2, 0.25) is 5.91 Å². The summed E-state index contributed by atoms with van der Waals surface area (Å²) in [4.78, 5) is 20.7. The van der Waals surface area contributed by atoms with Crippen LogP contribution in [0.25, 0.3) is 11.2 Å². The highest BCUT2D eigenvalue weighted by atomic mass is 19.4. The molecule has 17 heavy (non-hydrogen) atoms. The summed E-state index contributed by atoms with van der Waals surface area (Å²) in [5.74, 6) is -0.951. The number of amides is 1. The van der Waals surface area contributed by atoms with Gasteiger partial charge in [-0.15, -0.1) is 0 Å². The molecule has 0 fully saturated rings. The van der Waals surface area contributed by atoms with E-state index < -0.39 is 18.5 Å². The molecule has 0 saturated heterocycles. The third kappa shape index (κ3) is 2.52. The Balaban J connectivity index is 2.40. The number of alkyl halides is 3. The number of halogens is 3. The van der Waals surface area contributed by atoms with Crippen molar-refractivity contribution in [1.82, 2.24) is 15.0 Å². The zero-order chi connectivity index (χ0) is 12.6. The van der Waals surface area contributed by atoms with Gasteiger partial charge in [0.15, 0.2) is 5.65 Å². The van der Waals surface area contributed by atoms with Crippen LogP contribution in [0, 0.1) is 0 Å². The molecule has 1 amide bonds. The summed E-state index contributed by atoms with van der Waals surface area (Å²) in [6, 6.07) is 1.32. The molecule has 0 bridgehead atoms. The first-order valence-corrected chi connectivity index (χ1v) is 4.56. The van der Waals surface area contributed by atoms with Gasteiger partial charge < -0.3 is 10.7 Å². The number of pyridine rings is 1. The monoisotopic (exact) mass is 244 g/mol. The molecule has 0 aliphatic rings. The SMILES string of the molecule is NC(=O)c1cnc2nc(CC(F)(F)F)[nH]c2c1. The van der Waals surface area contributed by atoms with Gasteiger partial charge in [-0.1, -0.05) is 0 Å². The van der Waals surface area contributed by atoms with Crippen molar-refractivity contribution in [3.05, 3.63) is 23.7 Å². The number of aromatic nitrogens is 3. The molecule has 8 heteroatoms. The standard InChI is InChI=1S/C9H7F3N4O/c10-9(11,12)2-6-15-5-1-4(7(13)17)3-14-8(5)16-6/h1,3H,2H2,(H2,13,17)(H,14,15,16). The third-order valence-corrected chi connectivity index (χ3v) is 2.04. The fourth-order valence-electron chi connectivity index (χ4n) is 1.36. The maximum absolute atomic E-state index is 12.1. The predicted octanol–water partition coefficient (Wildman–Crippen LogP) is 1.16. The number of rotatable bonds is 2. The Labute approximate surface area is 92.9 Å². The van der Waals surface area contributed by atoms with Crippen molar-refractivity contribution >= 4 is 17.1 Å². The predicted molar refractivity (Wildman–Crippen MR) is 52.2 cm³/mol. The zero-order valence-electron chi connectivity index (χ0n) is 8.38. The molecule has 0 aliphatic carbocycles. The number of aromatic amines is 1. The number of hydrogen-bond acceptors (Lipinski definition) is 3. The number of hydrogen-bond donors (Lipinski definition) is 2. The van der Waals surface area contributed by atoms with Gasteiger partial charge in [-0.25, -0.2) is 9.97 Å². The van der Waals surface area contributed by atoms with Crippen LogP contribution in [-0.4, -0.2) is 27.0 Å². The summed E-state index contributed by atoms with van der Waals surface area (Å²) in [6.45, 7) is 0. The molecule has 0 radical (unpaired) electrons. The molecule has 0 saturated carbocycles. The van der Waals surface area contributed by atoms with E-state index >= 15 is 0 Å². The molecule has 0 aromatic carbocycles. The number of nitrogens with two attached hydrogens (primary N) is 1. The molecule has 5 nitrogen and oxygen atoms in total. The zero-order valence-corrected chi connectivity index (χ0v) is 8.38. The molecule has 2 heterocycles. The van der Waals surface area contributed by atoms with Gasteiger partial charge in [-0.2, -0.15) is 13.2 Å². The maximum atomic E-state index is 12.1. The molecule has 2 aromatic rings. The van der Waals surface area contributed by atoms with E-state index in [2.05, 4.69) is 15.0 Å². The lowest BCUT2D eigenvalue weighted by Crippen LogP contribution is -2.12. The van der Waals surface area contributed by atoms with Crippen LogP contribution in [0.15, 0.2) is 12.3 Å². The van der Waals surface area contributed by atoms with Crippen molar-refractivity contribution in [1.29, 1.82) is 0 Å². The lowest BCUT2D eigenvalue weighted by molar-refractivity contribution is -0.128. The number of imidazole rings is 1. The highest BCUT2D eigenvalue weighted by molar-refractivity contribution is 5.95. The second-order valence-electron chi connectivity index (χ2n) is 3.43. The van der Waals surface area contributed by atoms with Crippen LogP contribution in [0.2, 0.25) is 0 Å². The minimum absolute atomic E-state index is 0.111. The number of fused-ring (bicyclic) bond motifs is 1. The average Bonchev–Trinajstić information content (AvgIpc) is 2.54. The minimum atomic E-state index is -4.35. The van der Waals surface area contributed by atoms with Crippen molar-refractivity contribution in [3.63, 3.8) is 0 Å². The van der Waals surface area contributed by atoms with Gasteiger partial charge >= 0.3 is 6.18 Å². The Kier molecular flexibility index (Phi) is 2.49. The van der Waals surface area contributed by atoms with Crippen LogP contribution < -0.4 is 5.73 Å². The lowest BCUT2D eigenvalue weighted by Gasteiger charge is -2.01. The van der Waals surface area contributed by atoms with Gasteiger partial charge in [0.25, 0.3) is 0 Å². The minimum Gasteiger partial charge on any atom is -0.366 e. The summed E-state index contributed by atoms with van der Waals surface area (Å²) in [5, 5.41) is 0. The van der Waals surface area contributed by atoms with E-state index in [0.29, 0.717) is 0 Å². The summed E-state index contributed by atoms with van der Waals surface area (Å²) in [6.07, 6.45) is -4.35. The van der Waals surface area contributed by atoms with Gasteiger partial charge in [0.1, 0.15) is 12.2 Å². The fraction of sp³-hybridized carbons (Fsp3) is 0.222. The summed E-state index contributed by atoms with van der Waals surface area (Å²) < 4.78 is 36.4. The smallest absolute Gasteiger partial charge is 0.366 e. The Hall–Kier alpha value is -2.12. The van der Waals surface area contributed by atoms with E-state index in [1.54, 1.807) is 0 Å². The van der Waals surface area contributed by atoms with Gasteiger partial charge in [-0.3, -0.25) is 4.79 Å². The molecular formula is C9H7F3N4O. The molecule has 0 aliphatic heterocycles. The third-order valence-electron chi connectivity index (χ3n) is 2.04. The van der Waals surface area contributed by atoms with Crippen molar-refractivity contribution in [3.8, 4) is 0 Å². The Morgan fingerprint density at radius 2 is 2.18 bits per heavy atom. The van der Waals surface area contributed by atoms with Crippen LogP contribution in [0.1, 0.15) is 16.2 Å². The van der Waals surface area contributed by atoms with E-state index in [9.17, 15) is 18.0 Å². The first-order chi connectivity index (χ1) is 7.85. The first-order valence-electron chi connectivity index (χ1n) is 4.56. The molecule has 2 aromatic heterocycles. The van der Waals surface area contributed by atoms with E-state index in [-0.39, 0.29) is 22.6 Å². The largest absolute Gasteiger partial charge is 0.396 e. The number of primary amides is 1. The number of carbonyl (C=O) groups excluding carboxylic acids is 1. The Morgan fingerprint density at radius 1 is 1.47 bits per heavy atom. The van der Waals surface area contributed by atoms with E-state index in [1.165, 1.54) is 12.3 Å². The van der Waals surface area contributed by atoms with Gasteiger partial charge in [-0.05, 0) is 6.07 Å². The van der Waals surface area contributed by atoms with Gasteiger partial charge in [0.05, 0.1) is 11.1 Å². The van der Waals surface area contributed by atoms with Crippen molar-refractivity contribution in [2.75, 3.05) is 0 Å². The van der Waals surface area contributed by atoms with Crippen LogP contribution in [0.4, 0.5) is 13.2 Å². The highest BCUT2D eigenvalue weighted by Crippen LogP contribution is 2.21. The molecule has 3 N–H and O–H groups in total. The molecule has 90 valence electrons. The number of H-pyrrole nitrogens is 1. The molecule has 0 unspecified atom stereocenters. The van der Waals surface area contributed by atoms with E-state index in [1.807, 2.05) is 0 Å². The highest BCUT2D eigenvalue weighted by Gasteiger charge is 2.29. The van der Waals surface area contributed by atoms with E-state index in [4.69, 9.17) is 5.73 Å². The van der Waals surface area contributed by atoms with Gasteiger partial charge in [0, 0.05) is 6.20 Å². The number of nitrogens with zero attached hydrogens (tertiary/aromatic N) is 2. The topological polar surface area (TPSA) is 84.7 Å². The molecule has 0 spiro atoms. The van der Waals surface area contributed by atoms with Crippen LogP contribution in [-0.2, 0) is 6.42 Å². The van der Waals surface area contributed by atoms with Crippen molar-refractivity contribution in [2.24, 2.45) is 5.73 Å². The van der Waals surface area contributed by atoms with E-state index in [0.717, 1.165) is 0 Å². The normalized spacial score (nSPS) is 11.9. The first kappa shape index (κ1) is 11.4. The number of nitrogens with one attached hydrogen (secondary N) is 1. The summed E-state index contributed by atoms with van der Waals surface area (Å²) in [7, 11) is 0. The quantitative estimate of drug-likeness (QED) is 0.831. The van der Waals surface area contributed by atoms with Crippen LogP contribution in [0.5, 0.6) is 0 Å². The Morgan fingerprint density at radius 3 is 2.76 bits per heavy atom. The fourth-order valence-corrected chi connectivity index (χ4v) is 1.36. The second-order valence-corrected chi connectivity index (χ2v) is 3.43. The van der Waals surface area contributed by atoms with Crippen molar-refractivity contribution in [2.45, 2.75) is 12.6 Å². The summed E-state index contributed by atoms with van der Waals surface area (Å²) >= 11 is 0. The van der Waals surface area contributed by atoms with Crippen molar-refractivity contribution < 1.29 is 18.0 Å². The average molecular weight is 244 g/mol. The molecular weight excluding hydrogens is 237 g/mol.